The minimum Gasteiger partial charge on any atom is -0.504 e. The summed E-state index contributed by atoms with van der Waals surface area (Å²) < 4.78 is 5.15. The zero-order chi connectivity index (χ0) is 10.1. The van der Waals surface area contributed by atoms with Gasteiger partial charge in [0, 0.05) is 27.3 Å². The summed E-state index contributed by atoms with van der Waals surface area (Å²) in [6.07, 6.45) is 0. The van der Waals surface area contributed by atoms with E-state index < -0.39 is 0 Å². The Labute approximate surface area is 124 Å². The fourth-order valence-corrected chi connectivity index (χ4v) is 1.33. The van der Waals surface area contributed by atoms with Crippen LogP contribution in [0.25, 0.3) is 0 Å². The topological polar surface area (TPSA) is 29.5 Å². The third-order valence-electron chi connectivity index (χ3n) is 2.01. The van der Waals surface area contributed by atoms with Crippen molar-refractivity contribution in [3.8, 4) is 11.5 Å². The quantitative estimate of drug-likeness (QED) is 0.804. The minimum absolute atomic E-state index is 0. The van der Waals surface area contributed by atoms with Gasteiger partial charge in [0.25, 0.3) is 0 Å². The van der Waals surface area contributed by atoms with E-state index in [4.69, 9.17) is 4.74 Å². The van der Waals surface area contributed by atoms with Crippen LogP contribution in [0.1, 0.15) is 26.3 Å². The van der Waals surface area contributed by atoms with Crippen molar-refractivity contribution in [1.29, 1.82) is 0 Å². The molecule has 0 unspecified atom stereocenters. The molecule has 0 aromatic heterocycles. The number of rotatable bonds is 1. The maximum Gasteiger partial charge on any atom is 0.164 e. The summed E-state index contributed by atoms with van der Waals surface area (Å²) in [5.74, 6) is 0.782. The molecular weight excluding hydrogens is 283 g/mol. The largest absolute Gasteiger partial charge is 0.504 e. The van der Waals surface area contributed by atoms with Crippen molar-refractivity contribution < 1.29 is 31.6 Å². The van der Waals surface area contributed by atoms with Gasteiger partial charge in [0.05, 0.1) is 7.11 Å². The molecule has 0 aliphatic heterocycles. The number of benzene rings is 1. The number of hydrogen-bond acceptors (Lipinski definition) is 2. The van der Waals surface area contributed by atoms with Crippen LogP contribution in [-0.4, -0.2) is 12.2 Å². The fourth-order valence-electron chi connectivity index (χ4n) is 1.33. The van der Waals surface area contributed by atoms with E-state index in [2.05, 4.69) is 20.8 Å². The van der Waals surface area contributed by atoms with E-state index in [1.54, 1.807) is 13.2 Å². The van der Waals surface area contributed by atoms with Gasteiger partial charge in [0.15, 0.2) is 11.5 Å². The Morgan fingerprint density at radius 3 is 1.94 bits per heavy atom. The second-order valence-corrected chi connectivity index (χ2v) is 4.11. The van der Waals surface area contributed by atoms with Gasteiger partial charge in [-0.25, -0.2) is 0 Å². The molecule has 0 heterocycles. The van der Waals surface area contributed by atoms with Crippen molar-refractivity contribution in [2.45, 2.75) is 26.2 Å². The fraction of sp³-hybridized carbons (Fsp3) is 0.455. The zero-order valence-corrected chi connectivity index (χ0v) is 13.1. The zero-order valence-electron chi connectivity index (χ0n) is 9.90. The third-order valence-corrected chi connectivity index (χ3v) is 2.01. The first-order valence-electron chi connectivity index (χ1n) is 4.33. The Kier molecular flexibility index (Phi) is 11.0. The molecule has 1 rings (SSSR count). The molecule has 0 saturated carbocycles. The van der Waals surface area contributed by atoms with Gasteiger partial charge in [-0.05, 0) is 11.5 Å². The van der Waals surface area contributed by atoms with Crippen LogP contribution < -0.4 is 4.74 Å². The van der Waals surface area contributed by atoms with Crippen LogP contribution in [0.5, 0.6) is 11.5 Å². The molecule has 1 aromatic carbocycles. The molecule has 0 fully saturated rings. The van der Waals surface area contributed by atoms with Gasteiger partial charge in [-0.15, -0.1) is 24.8 Å². The van der Waals surface area contributed by atoms with Crippen LogP contribution in [0.2, 0.25) is 0 Å². The third kappa shape index (κ3) is 4.96. The van der Waals surface area contributed by atoms with Crippen molar-refractivity contribution in [3.63, 3.8) is 0 Å². The number of ether oxygens (including phenoxy) is 1. The monoisotopic (exact) mass is 300 g/mol. The molecule has 0 aliphatic rings. The summed E-state index contributed by atoms with van der Waals surface area (Å²) in [6.45, 7) is 6.26. The summed E-state index contributed by atoms with van der Waals surface area (Å²) in [5.41, 5.74) is 1.01. The summed E-state index contributed by atoms with van der Waals surface area (Å²) in [5, 5.41) is 9.53. The molecule has 16 heavy (non-hydrogen) atoms. The van der Waals surface area contributed by atoms with Crippen molar-refractivity contribution in [3.05, 3.63) is 23.8 Å². The van der Waals surface area contributed by atoms with Crippen molar-refractivity contribution in [1.82, 2.24) is 0 Å². The molecule has 0 amide bonds. The van der Waals surface area contributed by atoms with Crippen molar-refractivity contribution in [2.75, 3.05) is 7.11 Å². The Hall–Kier alpha value is 0.114. The Balaban J connectivity index is -0.000000563. The molecule has 1 aromatic rings. The van der Waals surface area contributed by atoms with Crippen molar-refractivity contribution >= 4 is 24.8 Å². The van der Waals surface area contributed by atoms with E-state index in [-0.39, 0.29) is 57.7 Å². The molecule has 0 bridgehead atoms. The predicted octanol–water partition coefficient (Wildman–Crippen LogP) is 3.54. The van der Waals surface area contributed by atoms with Crippen LogP contribution in [-0.2, 0) is 27.1 Å². The Bertz CT molecular complexity index is 311. The van der Waals surface area contributed by atoms with Gasteiger partial charge in [0.1, 0.15) is 0 Å². The summed E-state index contributed by atoms with van der Waals surface area (Å²) in [7, 11) is 1.57. The second kappa shape index (κ2) is 8.24. The van der Waals surface area contributed by atoms with E-state index in [1.807, 2.05) is 12.1 Å². The Morgan fingerprint density at radius 1 is 1.12 bits per heavy atom. The first kappa shape index (κ1) is 21.4. The van der Waals surface area contributed by atoms with Gasteiger partial charge < -0.3 is 9.84 Å². The SMILES string of the molecule is COc1c(O)cccc1C(C)(C)C.Cl.Cl.[Ti]. The Morgan fingerprint density at radius 2 is 1.62 bits per heavy atom. The van der Waals surface area contributed by atoms with E-state index in [1.165, 1.54) is 0 Å². The molecule has 2 nitrogen and oxygen atoms in total. The molecule has 0 aliphatic carbocycles. The molecule has 92 valence electrons. The van der Waals surface area contributed by atoms with E-state index in [0.717, 1.165) is 5.56 Å². The number of aromatic hydroxyl groups is 1. The van der Waals surface area contributed by atoms with Gasteiger partial charge in [-0.3, -0.25) is 0 Å². The molecular formula is C11H18Cl2O2Ti. The average Bonchev–Trinajstić information content (AvgIpc) is 2.02. The maximum absolute atomic E-state index is 9.53. The predicted molar refractivity (Wildman–Crippen MR) is 67.9 cm³/mol. The number of phenolic OH excluding ortho intramolecular Hbond substituents is 1. The molecule has 0 atom stereocenters. The first-order chi connectivity index (χ1) is 5.96. The van der Waals surface area contributed by atoms with Gasteiger partial charge >= 0.3 is 0 Å². The summed E-state index contributed by atoms with van der Waals surface area (Å²) in [4.78, 5) is 0. The van der Waals surface area contributed by atoms with Crippen LogP contribution in [0, 0.1) is 0 Å². The van der Waals surface area contributed by atoms with E-state index >= 15 is 0 Å². The second-order valence-electron chi connectivity index (χ2n) is 4.11. The van der Waals surface area contributed by atoms with Gasteiger partial charge in [-0.1, -0.05) is 32.9 Å². The number of hydrogen-bond donors (Lipinski definition) is 1. The number of phenols is 1. The number of para-hydroxylation sites is 1. The van der Waals surface area contributed by atoms with Crippen LogP contribution in [0.4, 0.5) is 0 Å². The average molecular weight is 301 g/mol. The standard InChI is InChI=1S/C11H16O2.2ClH.Ti/c1-11(2,3)8-6-5-7-9(12)10(8)13-4;;;/h5-7,12H,1-4H3;2*1H;. The van der Waals surface area contributed by atoms with Crippen LogP contribution in [0.15, 0.2) is 18.2 Å². The van der Waals surface area contributed by atoms with E-state index in [9.17, 15) is 5.11 Å². The summed E-state index contributed by atoms with van der Waals surface area (Å²) in [6, 6.07) is 5.44. The molecule has 5 heteroatoms. The number of halogens is 2. The molecule has 0 radical (unpaired) electrons. The maximum atomic E-state index is 9.53. The summed E-state index contributed by atoms with van der Waals surface area (Å²) >= 11 is 0. The van der Waals surface area contributed by atoms with Gasteiger partial charge in [-0.2, -0.15) is 0 Å². The number of methoxy groups -OCH3 is 1. The van der Waals surface area contributed by atoms with E-state index in [0.29, 0.717) is 5.75 Å². The minimum atomic E-state index is -0.00984. The normalized spacial score (nSPS) is 9.25. The smallest absolute Gasteiger partial charge is 0.164 e. The van der Waals surface area contributed by atoms with Crippen LogP contribution in [0.3, 0.4) is 0 Å². The van der Waals surface area contributed by atoms with Crippen molar-refractivity contribution in [2.24, 2.45) is 0 Å². The molecule has 0 saturated heterocycles. The van der Waals surface area contributed by atoms with Crippen LogP contribution >= 0.6 is 24.8 Å². The first-order valence-corrected chi connectivity index (χ1v) is 4.33. The molecule has 0 spiro atoms. The molecule has 1 N–H and O–H groups in total. The van der Waals surface area contributed by atoms with Gasteiger partial charge in [0.2, 0.25) is 0 Å².